The number of aryl methyl sites for hydroxylation is 1. The molecule has 1 amide bonds. The number of carbonyl (C=O) groups excluding carboxylic acids is 1. The molecule has 0 bridgehead atoms. The largest absolute Gasteiger partial charge is 1.00 e. The van der Waals surface area contributed by atoms with Gasteiger partial charge < -0.3 is 10.6 Å². The van der Waals surface area contributed by atoms with Crippen LogP contribution >= 0.6 is 0 Å². The average Bonchev–Trinajstić information content (AvgIpc) is 2.06. The van der Waals surface area contributed by atoms with E-state index in [2.05, 4.69) is 5.32 Å². The molecule has 0 radical (unpaired) electrons. The van der Waals surface area contributed by atoms with Crippen molar-refractivity contribution < 1.29 is 56.2 Å². The van der Waals surface area contributed by atoms with Crippen LogP contribution in [0.4, 0.5) is 0 Å². The summed E-state index contributed by atoms with van der Waals surface area (Å²) >= 11 is 0. The summed E-state index contributed by atoms with van der Waals surface area (Å²) in [4.78, 5) is 11.0. The summed E-state index contributed by atoms with van der Waals surface area (Å²) in [5, 5.41) is 11.2. The maximum absolute atomic E-state index is 11.0. The van der Waals surface area contributed by atoms with E-state index in [1.54, 1.807) is 24.3 Å². The fourth-order valence-electron chi connectivity index (χ4n) is 0.806. The molecule has 0 saturated heterocycles. The van der Waals surface area contributed by atoms with Gasteiger partial charge in [0.15, 0.2) is 5.91 Å². The van der Waals surface area contributed by atoms with Crippen molar-refractivity contribution in [3.05, 3.63) is 40.7 Å². The molecule has 0 saturated carbocycles. The van der Waals surface area contributed by atoms with Crippen LogP contribution in [0.25, 0.3) is 5.32 Å². The zero-order chi connectivity index (χ0) is 8.97. The molecule has 4 heteroatoms. The van der Waals surface area contributed by atoms with Crippen LogP contribution in [0.5, 0.6) is 0 Å². The minimum absolute atomic E-state index is 0. The van der Waals surface area contributed by atoms with Crippen LogP contribution in [-0.2, 0) is 0 Å². The average molecular weight is 198 g/mol. The Hall–Kier alpha value is -0.184. The van der Waals surface area contributed by atoms with E-state index in [4.69, 9.17) is 5.26 Å². The summed E-state index contributed by atoms with van der Waals surface area (Å²) in [6, 6.07) is 6.91. The molecule has 0 N–H and O–H groups in total. The van der Waals surface area contributed by atoms with Gasteiger partial charge in [0, 0.05) is 5.56 Å². The Balaban J connectivity index is 0.00000144. The third kappa shape index (κ3) is 4.03. The van der Waals surface area contributed by atoms with Gasteiger partial charge in [0.25, 0.3) is 0 Å². The van der Waals surface area contributed by atoms with Crippen LogP contribution in [0.3, 0.4) is 0 Å². The van der Waals surface area contributed by atoms with Crippen LogP contribution in [0.1, 0.15) is 15.9 Å². The molecule has 0 aromatic heterocycles. The molecule has 0 spiro atoms. The summed E-state index contributed by atoms with van der Waals surface area (Å²) in [5.41, 5.74) is 1.52. The van der Waals surface area contributed by atoms with E-state index in [0.717, 1.165) is 5.56 Å². The third-order valence-corrected chi connectivity index (χ3v) is 1.45. The van der Waals surface area contributed by atoms with Gasteiger partial charge in [0.1, 0.15) is 0 Å². The van der Waals surface area contributed by atoms with Crippen LogP contribution in [0.15, 0.2) is 24.3 Å². The molecular formula is C9H7KN2O. The van der Waals surface area contributed by atoms with Crippen molar-refractivity contribution in [3.8, 4) is 6.19 Å². The molecule has 0 aliphatic heterocycles. The zero-order valence-corrected chi connectivity index (χ0v) is 10.7. The van der Waals surface area contributed by atoms with E-state index >= 15 is 0 Å². The Morgan fingerprint density at radius 1 is 1.38 bits per heavy atom. The summed E-state index contributed by atoms with van der Waals surface area (Å²) in [6.07, 6.45) is 1.46. The first-order chi connectivity index (χ1) is 5.74. The second-order valence-electron chi connectivity index (χ2n) is 2.38. The van der Waals surface area contributed by atoms with Gasteiger partial charge >= 0.3 is 51.4 Å². The van der Waals surface area contributed by atoms with Gasteiger partial charge in [-0.05, 0) is 6.92 Å². The molecule has 0 atom stereocenters. The molecular weight excluding hydrogens is 191 g/mol. The van der Waals surface area contributed by atoms with Crippen LogP contribution in [0.2, 0.25) is 0 Å². The van der Waals surface area contributed by atoms with E-state index in [0.29, 0.717) is 5.56 Å². The first-order valence-corrected chi connectivity index (χ1v) is 3.45. The summed E-state index contributed by atoms with van der Waals surface area (Å²) in [7, 11) is 0. The quantitative estimate of drug-likeness (QED) is 0.429. The second kappa shape index (κ2) is 6.30. The molecule has 3 nitrogen and oxygen atoms in total. The first-order valence-electron chi connectivity index (χ1n) is 3.45. The molecule has 1 aromatic rings. The van der Waals surface area contributed by atoms with Crippen molar-refractivity contribution in [2.45, 2.75) is 6.92 Å². The first kappa shape index (κ1) is 12.8. The molecule has 0 unspecified atom stereocenters. The van der Waals surface area contributed by atoms with Crippen LogP contribution < -0.4 is 51.4 Å². The van der Waals surface area contributed by atoms with Gasteiger partial charge in [-0.25, -0.2) is 0 Å². The van der Waals surface area contributed by atoms with Crippen molar-refractivity contribution in [1.82, 2.24) is 0 Å². The van der Waals surface area contributed by atoms with E-state index in [1.165, 1.54) is 6.19 Å². The summed E-state index contributed by atoms with van der Waals surface area (Å²) < 4.78 is 0. The summed E-state index contributed by atoms with van der Waals surface area (Å²) in [6.45, 7) is 1.93. The molecule has 60 valence electrons. The minimum Gasteiger partial charge on any atom is -0.494 e. The molecule has 1 aromatic carbocycles. The van der Waals surface area contributed by atoms with Gasteiger partial charge in [-0.3, -0.25) is 4.79 Å². The Kier molecular flexibility index (Phi) is 6.21. The Bertz CT molecular complexity index is 326. The van der Waals surface area contributed by atoms with Crippen LogP contribution in [0, 0.1) is 18.4 Å². The molecule has 1 rings (SSSR count). The predicted molar refractivity (Wildman–Crippen MR) is 44.5 cm³/mol. The van der Waals surface area contributed by atoms with Crippen molar-refractivity contribution in [3.63, 3.8) is 0 Å². The Labute approximate surface area is 120 Å². The van der Waals surface area contributed by atoms with Crippen molar-refractivity contribution in [2.75, 3.05) is 0 Å². The van der Waals surface area contributed by atoms with E-state index in [1.807, 2.05) is 6.92 Å². The predicted octanol–water partition coefficient (Wildman–Crippen LogP) is -1.01. The third-order valence-electron chi connectivity index (χ3n) is 1.45. The summed E-state index contributed by atoms with van der Waals surface area (Å²) in [5.74, 6) is -0.488. The van der Waals surface area contributed by atoms with Gasteiger partial charge in [-0.2, -0.15) is 0 Å². The van der Waals surface area contributed by atoms with Crippen molar-refractivity contribution >= 4 is 5.91 Å². The standard InChI is InChI=1S/C9H8N2O.K/c1-7-2-4-8(5-3-7)9(12)11-6-10;/h2-5H,1H3,(H,11,12);/q;+1/p-1. The number of carbonyl (C=O) groups is 1. The minimum atomic E-state index is -0.488. The number of benzene rings is 1. The number of amides is 1. The monoisotopic (exact) mass is 198 g/mol. The fourth-order valence-corrected chi connectivity index (χ4v) is 0.806. The number of nitriles is 1. The zero-order valence-electron chi connectivity index (χ0n) is 7.61. The number of hydrogen-bond acceptors (Lipinski definition) is 2. The number of hydrogen-bond donors (Lipinski definition) is 0. The van der Waals surface area contributed by atoms with Crippen LogP contribution in [-0.4, -0.2) is 5.91 Å². The molecule has 0 aliphatic rings. The Morgan fingerprint density at radius 3 is 2.38 bits per heavy atom. The van der Waals surface area contributed by atoms with Crippen molar-refractivity contribution in [2.24, 2.45) is 0 Å². The maximum atomic E-state index is 11.0. The molecule has 0 aliphatic carbocycles. The smallest absolute Gasteiger partial charge is 0.494 e. The van der Waals surface area contributed by atoms with Gasteiger partial charge in [0.05, 0.1) is 0 Å². The molecule has 0 heterocycles. The normalized spacial score (nSPS) is 8.00. The SMILES string of the molecule is Cc1ccc(C(=O)[N-]C#N)cc1.[K+]. The molecule has 13 heavy (non-hydrogen) atoms. The Morgan fingerprint density at radius 2 is 1.92 bits per heavy atom. The number of rotatable bonds is 1. The number of nitrogens with zero attached hydrogens (tertiary/aromatic N) is 2. The van der Waals surface area contributed by atoms with Gasteiger partial charge in [-0.15, -0.1) is 0 Å². The second-order valence-corrected chi connectivity index (χ2v) is 2.38. The van der Waals surface area contributed by atoms with E-state index in [-0.39, 0.29) is 51.4 Å². The molecule has 0 fully saturated rings. The van der Waals surface area contributed by atoms with Gasteiger partial charge in [0.2, 0.25) is 0 Å². The van der Waals surface area contributed by atoms with Crippen molar-refractivity contribution in [1.29, 1.82) is 5.26 Å². The maximum Gasteiger partial charge on any atom is 1.00 e. The van der Waals surface area contributed by atoms with E-state index in [9.17, 15) is 4.79 Å². The topological polar surface area (TPSA) is 55.0 Å². The van der Waals surface area contributed by atoms with Gasteiger partial charge in [-0.1, -0.05) is 36.0 Å². The fraction of sp³-hybridized carbons (Fsp3) is 0.111. The van der Waals surface area contributed by atoms with E-state index < -0.39 is 5.91 Å².